The third-order valence-corrected chi connectivity index (χ3v) is 3.46. The summed E-state index contributed by atoms with van der Waals surface area (Å²) in [5, 5.41) is 0. The molecular formula is C15H10FIO4. The SMILES string of the molecule is COc1cc(C=O)cc(I)c1OC(=O)c1ccc(F)cc1. The van der Waals surface area contributed by atoms with Gasteiger partial charge in [-0.05, 0) is 59.0 Å². The molecule has 0 N–H and O–H groups in total. The number of esters is 1. The standard InChI is InChI=1S/C15H10FIO4/c1-20-13-7-9(8-18)6-12(17)14(13)21-15(19)10-2-4-11(16)5-3-10/h2-8H,1H3. The average molecular weight is 400 g/mol. The zero-order valence-electron chi connectivity index (χ0n) is 10.9. The Hall–Kier alpha value is -1.96. The van der Waals surface area contributed by atoms with Crippen LogP contribution in [-0.4, -0.2) is 19.4 Å². The van der Waals surface area contributed by atoms with Crippen molar-refractivity contribution in [3.8, 4) is 11.5 Å². The maximum absolute atomic E-state index is 12.8. The summed E-state index contributed by atoms with van der Waals surface area (Å²) in [5.74, 6) is -0.573. The number of hydrogen-bond acceptors (Lipinski definition) is 4. The molecule has 0 radical (unpaired) electrons. The van der Waals surface area contributed by atoms with Crippen molar-refractivity contribution < 1.29 is 23.5 Å². The molecule has 0 amide bonds. The molecule has 4 nitrogen and oxygen atoms in total. The molecule has 108 valence electrons. The number of benzene rings is 2. The Morgan fingerprint density at radius 3 is 2.48 bits per heavy atom. The van der Waals surface area contributed by atoms with Crippen LogP contribution in [0.15, 0.2) is 36.4 Å². The summed E-state index contributed by atoms with van der Waals surface area (Å²) in [6.45, 7) is 0. The Bertz CT molecular complexity index is 683. The highest BCUT2D eigenvalue weighted by molar-refractivity contribution is 14.1. The van der Waals surface area contributed by atoms with Gasteiger partial charge in [0.25, 0.3) is 0 Å². The molecular weight excluding hydrogens is 390 g/mol. The van der Waals surface area contributed by atoms with E-state index in [0.717, 1.165) is 0 Å². The van der Waals surface area contributed by atoms with Crippen LogP contribution in [0.4, 0.5) is 4.39 Å². The van der Waals surface area contributed by atoms with Crippen LogP contribution < -0.4 is 9.47 Å². The molecule has 6 heteroatoms. The molecule has 2 rings (SSSR count). The third-order valence-electron chi connectivity index (χ3n) is 2.66. The molecule has 21 heavy (non-hydrogen) atoms. The van der Waals surface area contributed by atoms with Gasteiger partial charge in [0.05, 0.1) is 16.2 Å². The van der Waals surface area contributed by atoms with E-state index in [4.69, 9.17) is 9.47 Å². The van der Waals surface area contributed by atoms with E-state index in [1.54, 1.807) is 6.07 Å². The Labute approximate surface area is 134 Å². The second-order valence-electron chi connectivity index (χ2n) is 4.05. The van der Waals surface area contributed by atoms with E-state index in [1.165, 1.54) is 37.4 Å². The summed E-state index contributed by atoms with van der Waals surface area (Å²) in [4.78, 5) is 22.8. The van der Waals surface area contributed by atoms with Crippen LogP contribution >= 0.6 is 22.6 Å². The Morgan fingerprint density at radius 2 is 1.90 bits per heavy atom. The fourth-order valence-electron chi connectivity index (χ4n) is 1.64. The Morgan fingerprint density at radius 1 is 1.24 bits per heavy atom. The van der Waals surface area contributed by atoms with Gasteiger partial charge in [-0.3, -0.25) is 4.79 Å². The third kappa shape index (κ3) is 3.57. The van der Waals surface area contributed by atoms with Crippen LogP contribution in [0.25, 0.3) is 0 Å². The highest BCUT2D eigenvalue weighted by Gasteiger charge is 2.16. The van der Waals surface area contributed by atoms with Gasteiger partial charge in [0.15, 0.2) is 11.5 Å². The lowest BCUT2D eigenvalue weighted by atomic mass is 10.2. The largest absolute Gasteiger partial charge is 0.493 e. The molecule has 0 fully saturated rings. The lowest BCUT2D eigenvalue weighted by Gasteiger charge is -2.11. The van der Waals surface area contributed by atoms with Crippen LogP contribution in [-0.2, 0) is 0 Å². The molecule has 0 aliphatic carbocycles. The summed E-state index contributed by atoms with van der Waals surface area (Å²) < 4.78 is 23.8. The Balaban J connectivity index is 2.32. The predicted octanol–water partition coefficient (Wildman–Crippen LogP) is 3.47. The minimum Gasteiger partial charge on any atom is -0.493 e. The number of ether oxygens (including phenoxy) is 2. The topological polar surface area (TPSA) is 52.6 Å². The van der Waals surface area contributed by atoms with E-state index in [9.17, 15) is 14.0 Å². The van der Waals surface area contributed by atoms with Crippen LogP contribution in [0.2, 0.25) is 0 Å². The quantitative estimate of drug-likeness (QED) is 0.342. The zero-order valence-corrected chi connectivity index (χ0v) is 13.1. The van der Waals surface area contributed by atoms with Crippen molar-refractivity contribution in [2.45, 2.75) is 0 Å². The van der Waals surface area contributed by atoms with Crippen LogP contribution in [0, 0.1) is 9.39 Å². The van der Waals surface area contributed by atoms with Gasteiger partial charge in [0.2, 0.25) is 0 Å². The van der Waals surface area contributed by atoms with Gasteiger partial charge >= 0.3 is 5.97 Å². The number of halogens is 2. The van der Waals surface area contributed by atoms with Gasteiger partial charge in [-0.1, -0.05) is 0 Å². The second kappa shape index (κ2) is 6.66. The van der Waals surface area contributed by atoms with Crippen molar-refractivity contribution in [3.05, 3.63) is 56.9 Å². The minimum atomic E-state index is -0.634. The fraction of sp³-hybridized carbons (Fsp3) is 0.0667. The molecule has 0 heterocycles. The van der Waals surface area contributed by atoms with Gasteiger partial charge < -0.3 is 9.47 Å². The summed E-state index contributed by atoms with van der Waals surface area (Å²) in [5.41, 5.74) is 0.631. The van der Waals surface area contributed by atoms with Gasteiger partial charge in [-0.25, -0.2) is 9.18 Å². The van der Waals surface area contributed by atoms with Crippen molar-refractivity contribution in [3.63, 3.8) is 0 Å². The van der Waals surface area contributed by atoms with Gasteiger partial charge in [-0.2, -0.15) is 0 Å². The summed E-state index contributed by atoms with van der Waals surface area (Å²) in [7, 11) is 1.41. The number of hydrogen-bond donors (Lipinski definition) is 0. The predicted molar refractivity (Wildman–Crippen MR) is 82.5 cm³/mol. The van der Waals surface area contributed by atoms with Crippen molar-refractivity contribution in [1.82, 2.24) is 0 Å². The van der Waals surface area contributed by atoms with Crippen LogP contribution in [0.5, 0.6) is 11.5 Å². The van der Waals surface area contributed by atoms with E-state index >= 15 is 0 Å². The molecule has 0 aliphatic rings. The molecule has 0 aliphatic heterocycles. The fourth-order valence-corrected chi connectivity index (χ4v) is 2.38. The monoisotopic (exact) mass is 400 g/mol. The molecule has 2 aromatic carbocycles. The van der Waals surface area contributed by atoms with Gasteiger partial charge in [-0.15, -0.1) is 0 Å². The Kier molecular flexibility index (Phi) is 4.89. The van der Waals surface area contributed by atoms with Crippen LogP contribution in [0.3, 0.4) is 0 Å². The highest BCUT2D eigenvalue weighted by atomic mass is 127. The summed E-state index contributed by atoms with van der Waals surface area (Å²) >= 11 is 1.94. The van der Waals surface area contributed by atoms with Gasteiger partial charge in [0.1, 0.15) is 12.1 Å². The van der Waals surface area contributed by atoms with Crippen LogP contribution in [0.1, 0.15) is 20.7 Å². The first-order chi connectivity index (χ1) is 10.0. The molecule has 0 bridgehead atoms. The van der Waals surface area contributed by atoms with Crippen molar-refractivity contribution in [2.24, 2.45) is 0 Å². The smallest absolute Gasteiger partial charge is 0.343 e. The zero-order chi connectivity index (χ0) is 15.4. The van der Waals surface area contributed by atoms with E-state index in [1.807, 2.05) is 22.6 Å². The number of rotatable bonds is 4. The molecule has 0 aromatic heterocycles. The van der Waals surface area contributed by atoms with Crippen molar-refractivity contribution >= 4 is 34.8 Å². The van der Waals surface area contributed by atoms with Crippen molar-refractivity contribution in [1.29, 1.82) is 0 Å². The molecule has 0 unspecified atom stereocenters. The van der Waals surface area contributed by atoms with Gasteiger partial charge in [0, 0.05) is 5.56 Å². The lowest BCUT2D eigenvalue weighted by molar-refractivity contribution is 0.0728. The second-order valence-corrected chi connectivity index (χ2v) is 5.21. The first kappa shape index (κ1) is 15.4. The number of carbonyl (C=O) groups excluding carboxylic acids is 2. The maximum Gasteiger partial charge on any atom is 0.343 e. The first-order valence-electron chi connectivity index (χ1n) is 5.85. The molecule has 0 saturated heterocycles. The number of aldehydes is 1. The van der Waals surface area contributed by atoms with E-state index in [-0.39, 0.29) is 17.1 Å². The molecule has 2 aromatic rings. The molecule has 0 spiro atoms. The van der Waals surface area contributed by atoms with E-state index in [0.29, 0.717) is 15.4 Å². The molecule has 0 atom stereocenters. The van der Waals surface area contributed by atoms with Crippen molar-refractivity contribution in [2.75, 3.05) is 7.11 Å². The lowest BCUT2D eigenvalue weighted by Crippen LogP contribution is -2.10. The number of methoxy groups -OCH3 is 1. The number of carbonyl (C=O) groups is 2. The van der Waals surface area contributed by atoms with E-state index < -0.39 is 11.8 Å². The summed E-state index contributed by atoms with van der Waals surface area (Å²) in [6.07, 6.45) is 0.677. The van der Waals surface area contributed by atoms with E-state index in [2.05, 4.69) is 0 Å². The maximum atomic E-state index is 12.8. The highest BCUT2D eigenvalue weighted by Crippen LogP contribution is 2.34. The first-order valence-corrected chi connectivity index (χ1v) is 6.93. The average Bonchev–Trinajstić information content (AvgIpc) is 2.49. The normalized spacial score (nSPS) is 10.0. The molecule has 0 saturated carbocycles. The minimum absolute atomic E-state index is 0.216. The summed E-state index contributed by atoms with van der Waals surface area (Å²) in [6, 6.07) is 8.06.